The van der Waals surface area contributed by atoms with Crippen molar-refractivity contribution in [3.63, 3.8) is 0 Å². The standard InChI is InChI=1S/C22H20F5N5O4S/c1-36-21-13(11-31(30-21)16-4-7-19(28-10-16)22(25,26)27)9-29-20(33)18-8-15(24)12-32(18)37(34,35)17-5-2-14(23)3-6-17/h2-7,10-11,15,18H,8-9,12H2,1H3,(H,29,33)/t15-,18-/m1/s1. The lowest BCUT2D eigenvalue weighted by atomic mass is 10.2. The van der Waals surface area contributed by atoms with Crippen molar-refractivity contribution in [2.24, 2.45) is 0 Å². The highest BCUT2D eigenvalue weighted by molar-refractivity contribution is 7.89. The van der Waals surface area contributed by atoms with Crippen LogP contribution in [-0.4, -0.2) is 59.3 Å². The molecular formula is C22H20F5N5O4S. The Hall–Kier alpha value is -3.59. The minimum Gasteiger partial charge on any atom is -0.480 e. The number of methoxy groups -OCH3 is 1. The normalized spacial score (nSPS) is 18.6. The predicted molar refractivity (Wildman–Crippen MR) is 118 cm³/mol. The summed E-state index contributed by atoms with van der Waals surface area (Å²) in [6, 6.07) is 4.53. The van der Waals surface area contributed by atoms with E-state index in [0.717, 1.165) is 46.9 Å². The number of sulfonamides is 1. The van der Waals surface area contributed by atoms with Crippen LogP contribution < -0.4 is 10.1 Å². The molecule has 1 amide bonds. The van der Waals surface area contributed by atoms with E-state index in [0.29, 0.717) is 5.56 Å². The minimum atomic E-state index is -4.60. The highest BCUT2D eigenvalue weighted by atomic mass is 32.2. The van der Waals surface area contributed by atoms with Gasteiger partial charge < -0.3 is 10.1 Å². The van der Waals surface area contributed by atoms with Crippen LogP contribution in [0, 0.1) is 5.82 Å². The first-order chi connectivity index (χ1) is 17.4. The van der Waals surface area contributed by atoms with E-state index in [2.05, 4.69) is 15.4 Å². The Bertz CT molecular complexity index is 1380. The molecule has 1 aromatic carbocycles. The molecule has 2 aromatic heterocycles. The van der Waals surface area contributed by atoms with Crippen LogP contribution >= 0.6 is 0 Å². The Labute approximate surface area is 207 Å². The number of carbonyl (C=O) groups excluding carboxylic acids is 1. The summed E-state index contributed by atoms with van der Waals surface area (Å²) in [6.07, 6.45) is -4.21. The summed E-state index contributed by atoms with van der Waals surface area (Å²) in [4.78, 5) is 16.0. The molecule has 15 heteroatoms. The van der Waals surface area contributed by atoms with Gasteiger partial charge in [0.2, 0.25) is 21.8 Å². The van der Waals surface area contributed by atoms with Gasteiger partial charge in [-0.25, -0.2) is 26.9 Å². The summed E-state index contributed by atoms with van der Waals surface area (Å²) in [6.45, 7) is -0.742. The minimum absolute atomic E-state index is 0.0470. The lowest BCUT2D eigenvalue weighted by Crippen LogP contribution is -2.45. The van der Waals surface area contributed by atoms with Crippen molar-refractivity contribution >= 4 is 15.9 Å². The Morgan fingerprint density at radius 2 is 1.89 bits per heavy atom. The van der Waals surface area contributed by atoms with E-state index < -0.39 is 52.4 Å². The molecule has 198 valence electrons. The van der Waals surface area contributed by atoms with Gasteiger partial charge in [0.1, 0.15) is 23.7 Å². The molecule has 0 saturated carbocycles. The first-order valence-electron chi connectivity index (χ1n) is 10.8. The molecule has 37 heavy (non-hydrogen) atoms. The molecule has 0 spiro atoms. The van der Waals surface area contributed by atoms with Crippen molar-refractivity contribution in [1.29, 1.82) is 0 Å². The average molecular weight is 545 g/mol. The highest BCUT2D eigenvalue weighted by Gasteiger charge is 2.44. The van der Waals surface area contributed by atoms with Crippen molar-refractivity contribution in [3.8, 4) is 11.6 Å². The van der Waals surface area contributed by atoms with Gasteiger partial charge in [-0.05, 0) is 36.4 Å². The van der Waals surface area contributed by atoms with Crippen LogP contribution in [0.5, 0.6) is 5.88 Å². The number of nitrogens with zero attached hydrogens (tertiary/aromatic N) is 4. The number of amides is 1. The van der Waals surface area contributed by atoms with E-state index in [4.69, 9.17) is 4.74 Å². The quantitative estimate of drug-likeness (QED) is 0.458. The van der Waals surface area contributed by atoms with Gasteiger partial charge in [0.15, 0.2) is 0 Å². The first-order valence-corrected chi connectivity index (χ1v) is 12.2. The van der Waals surface area contributed by atoms with Gasteiger partial charge in [0.05, 0.1) is 29.5 Å². The van der Waals surface area contributed by atoms with Gasteiger partial charge in [0, 0.05) is 25.7 Å². The maximum absolute atomic E-state index is 14.2. The fraction of sp³-hybridized carbons (Fsp3) is 0.318. The third kappa shape index (κ3) is 5.56. The van der Waals surface area contributed by atoms with Gasteiger partial charge >= 0.3 is 6.18 Å². The number of benzene rings is 1. The van der Waals surface area contributed by atoms with Crippen LogP contribution in [-0.2, 0) is 27.5 Å². The topological polar surface area (TPSA) is 106 Å². The van der Waals surface area contributed by atoms with E-state index in [1.807, 2.05) is 0 Å². The zero-order valence-corrected chi connectivity index (χ0v) is 19.9. The molecule has 3 aromatic rings. The molecule has 0 aliphatic carbocycles. The van der Waals surface area contributed by atoms with Crippen molar-refractivity contribution in [3.05, 3.63) is 65.9 Å². The third-order valence-electron chi connectivity index (χ3n) is 5.63. The lowest BCUT2D eigenvalue weighted by molar-refractivity contribution is -0.141. The summed E-state index contributed by atoms with van der Waals surface area (Å²) in [5, 5.41) is 6.63. The van der Waals surface area contributed by atoms with Crippen LogP contribution in [0.3, 0.4) is 0 Å². The lowest BCUT2D eigenvalue weighted by Gasteiger charge is -2.23. The van der Waals surface area contributed by atoms with E-state index >= 15 is 0 Å². The number of hydrogen-bond acceptors (Lipinski definition) is 6. The van der Waals surface area contributed by atoms with Crippen LogP contribution in [0.15, 0.2) is 53.7 Å². The van der Waals surface area contributed by atoms with Gasteiger partial charge in [-0.3, -0.25) is 4.79 Å². The van der Waals surface area contributed by atoms with Gasteiger partial charge in [0.25, 0.3) is 0 Å². The average Bonchev–Trinajstić information content (AvgIpc) is 3.46. The fourth-order valence-corrected chi connectivity index (χ4v) is 5.44. The summed E-state index contributed by atoms with van der Waals surface area (Å²) in [5.41, 5.74) is -0.569. The number of carbonyl (C=O) groups is 1. The fourth-order valence-electron chi connectivity index (χ4n) is 3.81. The Morgan fingerprint density at radius 3 is 2.49 bits per heavy atom. The molecule has 1 aliphatic heterocycles. The zero-order valence-electron chi connectivity index (χ0n) is 19.1. The molecule has 0 bridgehead atoms. The number of halogens is 5. The molecule has 1 N–H and O–H groups in total. The maximum atomic E-state index is 14.2. The highest BCUT2D eigenvalue weighted by Crippen LogP contribution is 2.29. The largest absolute Gasteiger partial charge is 0.480 e. The number of alkyl halides is 4. The second kappa shape index (κ2) is 10.0. The van der Waals surface area contributed by atoms with Crippen LogP contribution in [0.2, 0.25) is 0 Å². The molecule has 9 nitrogen and oxygen atoms in total. The molecule has 0 radical (unpaired) electrons. The van der Waals surface area contributed by atoms with Crippen LogP contribution in [0.1, 0.15) is 17.7 Å². The van der Waals surface area contributed by atoms with Crippen molar-refractivity contribution in [2.75, 3.05) is 13.7 Å². The van der Waals surface area contributed by atoms with Crippen molar-refractivity contribution in [1.82, 2.24) is 24.4 Å². The third-order valence-corrected chi connectivity index (χ3v) is 7.52. The van der Waals surface area contributed by atoms with E-state index in [1.165, 1.54) is 18.0 Å². The van der Waals surface area contributed by atoms with Gasteiger partial charge in [-0.15, -0.1) is 5.10 Å². The molecule has 3 heterocycles. The summed E-state index contributed by atoms with van der Waals surface area (Å²) < 4.78 is 98.8. The molecule has 1 saturated heterocycles. The van der Waals surface area contributed by atoms with E-state index in [-0.39, 0.29) is 29.4 Å². The smallest absolute Gasteiger partial charge is 0.433 e. The number of nitrogens with one attached hydrogen (secondary N) is 1. The van der Waals surface area contributed by atoms with Crippen molar-refractivity contribution < 1.29 is 39.9 Å². The molecule has 4 rings (SSSR count). The number of hydrogen-bond donors (Lipinski definition) is 1. The van der Waals surface area contributed by atoms with E-state index in [1.54, 1.807) is 0 Å². The Morgan fingerprint density at radius 1 is 1.19 bits per heavy atom. The number of aromatic nitrogens is 3. The SMILES string of the molecule is COc1nn(-c2ccc(C(F)(F)F)nc2)cc1CNC(=O)[C@H]1C[C@@H](F)CN1S(=O)(=O)c1ccc(F)cc1. The molecule has 0 unspecified atom stereocenters. The number of rotatable bonds is 7. The number of ether oxygens (including phenoxy) is 1. The molecule has 1 fully saturated rings. The Kier molecular flexibility index (Phi) is 7.19. The van der Waals surface area contributed by atoms with Crippen LogP contribution in [0.25, 0.3) is 5.69 Å². The zero-order chi connectivity index (χ0) is 27.0. The van der Waals surface area contributed by atoms with Gasteiger partial charge in [-0.2, -0.15) is 17.5 Å². The van der Waals surface area contributed by atoms with Crippen molar-refractivity contribution in [2.45, 2.75) is 36.3 Å². The maximum Gasteiger partial charge on any atom is 0.433 e. The first kappa shape index (κ1) is 26.5. The number of pyridine rings is 1. The molecular weight excluding hydrogens is 525 g/mol. The monoisotopic (exact) mass is 545 g/mol. The summed E-state index contributed by atoms with van der Waals surface area (Å²) in [5.74, 6) is -1.39. The summed E-state index contributed by atoms with van der Waals surface area (Å²) >= 11 is 0. The molecule has 1 aliphatic rings. The van der Waals surface area contributed by atoms with E-state index in [9.17, 15) is 35.2 Å². The van der Waals surface area contributed by atoms with Crippen LogP contribution in [0.4, 0.5) is 22.0 Å². The predicted octanol–water partition coefficient (Wildman–Crippen LogP) is 2.85. The molecule has 2 atom stereocenters. The second-order valence-corrected chi connectivity index (χ2v) is 9.99. The summed E-state index contributed by atoms with van der Waals surface area (Å²) in [7, 11) is -2.99. The van der Waals surface area contributed by atoms with Gasteiger partial charge in [-0.1, -0.05) is 0 Å². The second-order valence-electron chi connectivity index (χ2n) is 8.10. The Balaban J connectivity index is 1.50.